The van der Waals surface area contributed by atoms with Crippen LogP contribution in [0.2, 0.25) is 0 Å². The molecule has 6 nitrogen and oxygen atoms in total. The Morgan fingerprint density at radius 1 is 0.789 bits per heavy atom. The molecular formula is C13H26O6. The molecule has 0 aromatic rings. The monoisotopic (exact) mass is 278 g/mol. The molecule has 0 unspecified atom stereocenters. The summed E-state index contributed by atoms with van der Waals surface area (Å²) in [5.41, 5.74) is -1.14. The quantitative estimate of drug-likeness (QED) is 0.591. The van der Waals surface area contributed by atoms with Crippen molar-refractivity contribution in [1.29, 1.82) is 0 Å². The van der Waals surface area contributed by atoms with Crippen LogP contribution in [0, 0.1) is 0 Å². The molecule has 6 heteroatoms. The summed E-state index contributed by atoms with van der Waals surface area (Å²) in [6.07, 6.45) is -0.339. The van der Waals surface area contributed by atoms with Gasteiger partial charge in [0.25, 0.3) is 0 Å². The number of aliphatic hydroxyl groups excluding tert-OH is 2. The molecule has 114 valence electrons. The van der Waals surface area contributed by atoms with E-state index in [1.807, 2.05) is 0 Å². The molecule has 0 atom stereocenters. The Bertz CT molecular complexity index is 244. The van der Waals surface area contributed by atoms with Gasteiger partial charge in [0.2, 0.25) is 0 Å². The highest BCUT2D eigenvalue weighted by Crippen LogP contribution is 2.11. The van der Waals surface area contributed by atoms with Crippen molar-refractivity contribution >= 4 is 11.9 Å². The van der Waals surface area contributed by atoms with Gasteiger partial charge in [-0.15, -0.1) is 0 Å². The predicted octanol–water partition coefficient (Wildman–Crippen LogP) is 1.03. The first kappa shape index (κ1) is 20.2. The SMILES string of the molecule is CC(C)(C)OC(=O)CC(=O)OC(C)(C)C.OCCO. The zero-order valence-electron chi connectivity index (χ0n) is 12.6. The number of aliphatic hydroxyl groups is 2. The van der Waals surface area contributed by atoms with Crippen molar-refractivity contribution in [3.8, 4) is 0 Å². The van der Waals surface area contributed by atoms with Gasteiger partial charge in [0.05, 0.1) is 13.2 Å². The van der Waals surface area contributed by atoms with Crippen molar-refractivity contribution in [3.05, 3.63) is 0 Å². The third kappa shape index (κ3) is 19.4. The topological polar surface area (TPSA) is 93.1 Å². The molecule has 0 radical (unpaired) electrons. The Labute approximate surface area is 114 Å². The van der Waals surface area contributed by atoms with E-state index in [2.05, 4.69) is 0 Å². The second kappa shape index (κ2) is 8.87. The third-order valence-corrected chi connectivity index (χ3v) is 1.23. The molecule has 0 saturated heterocycles. The maximum absolute atomic E-state index is 11.2. The Morgan fingerprint density at radius 2 is 1.05 bits per heavy atom. The van der Waals surface area contributed by atoms with Crippen LogP contribution < -0.4 is 0 Å². The molecule has 19 heavy (non-hydrogen) atoms. The van der Waals surface area contributed by atoms with Crippen molar-refractivity contribution < 1.29 is 29.3 Å². The molecule has 0 aliphatic heterocycles. The van der Waals surface area contributed by atoms with E-state index in [1.54, 1.807) is 41.5 Å². The van der Waals surface area contributed by atoms with Crippen molar-refractivity contribution in [1.82, 2.24) is 0 Å². The maximum atomic E-state index is 11.2. The van der Waals surface area contributed by atoms with Gasteiger partial charge in [0.1, 0.15) is 17.6 Å². The van der Waals surface area contributed by atoms with E-state index < -0.39 is 23.1 Å². The number of carbonyl (C=O) groups is 2. The molecular weight excluding hydrogens is 252 g/mol. The third-order valence-electron chi connectivity index (χ3n) is 1.23. The first-order valence-electron chi connectivity index (χ1n) is 6.06. The van der Waals surface area contributed by atoms with E-state index in [9.17, 15) is 9.59 Å². The molecule has 0 amide bonds. The maximum Gasteiger partial charge on any atom is 0.317 e. The minimum absolute atomic E-state index is 0.125. The number of ether oxygens (including phenoxy) is 2. The van der Waals surface area contributed by atoms with Crippen LogP contribution in [0.25, 0.3) is 0 Å². The summed E-state index contributed by atoms with van der Waals surface area (Å²) < 4.78 is 9.97. The highest BCUT2D eigenvalue weighted by molar-refractivity contribution is 5.91. The van der Waals surface area contributed by atoms with Crippen molar-refractivity contribution in [2.45, 2.75) is 59.2 Å². The van der Waals surface area contributed by atoms with Crippen LogP contribution in [-0.4, -0.2) is 46.6 Å². The Balaban J connectivity index is 0. The summed E-state index contributed by atoms with van der Waals surface area (Å²) >= 11 is 0. The smallest absolute Gasteiger partial charge is 0.317 e. The minimum atomic E-state index is -0.570. The van der Waals surface area contributed by atoms with Gasteiger partial charge in [0.15, 0.2) is 0 Å². The lowest BCUT2D eigenvalue weighted by atomic mass is 10.2. The molecule has 0 aromatic carbocycles. The van der Waals surface area contributed by atoms with Crippen LogP contribution in [0.15, 0.2) is 0 Å². The normalized spacial score (nSPS) is 11.2. The highest BCUT2D eigenvalue weighted by atomic mass is 16.6. The van der Waals surface area contributed by atoms with Gasteiger partial charge in [-0.25, -0.2) is 0 Å². The Hall–Kier alpha value is -1.14. The number of rotatable bonds is 3. The van der Waals surface area contributed by atoms with Gasteiger partial charge in [-0.3, -0.25) is 9.59 Å². The summed E-state index contributed by atoms with van der Waals surface area (Å²) in [5.74, 6) is -1.12. The second-order valence-electron chi connectivity index (χ2n) is 5.80. The number of hydrogen-bond donors (Lipinski definition) is 2. The second-order valence-corrected chi connectivity index (χ2v) is 5.80. The fraction of sp³-hybridized carbons (Fsp3) is 0.846. The molecule has 0 rings (SSSR count). The minimum Gasteiger partial charge on any atom is -0.460 e. The van der Waals surface area contributed by atoms with Crippen LogP contribution in [0.5, 0.6) is 0 Å². The molecule has 0 aliphatic rings. The van der Waals surface area contributed by atoms with Gasteiger partial charge < -0.3 is 19.7 Å². The predicted molar refractivity (Wildman–Crippen MR) is 70.5 cm³/mol. The molecule has 0 aromatic heterocycles. The van der Waals surface area contributed by atoms with Crippen molar-refractivity contribution in [2.75, 3.05) is 13.2 Å². The van der Waals surface area contributed by atoms with E-state index in [1.165, 1.54) is 0 Å². The lowest BCUT2D eigenvalue weighted by Crippen LogP contribution is -2.29. The zero-order chi connectivity index (χ0) is 15.7. The van der Waals surface area contributed by atoms with Gasteiger partial charge in [-0.2, -0.15) is 0 Å². The average molecular weight is 278 g/mol. The fourth-order valence-electron chi connectivity index (χ4n) is 0.873. The Kier molecular flexibility index (Phi) is 9.43. The van der Waals surface area contributed by atoms with Crippen LogP contribution in [0.1, 0.15) is 48.0 Å². The van der Waals surface area contributed by atoms with Gasteiger partial charge in [-0.1, -0.05) is 0 Å². The van der Waals surface area contributed by atoms with Gasteiger partial charge in [-0.05, 0) is 41.5 Å². The summed E-state index contributed by atoms with van der Waals surface area (Å²) in [6, 6.07) is 0. The van der Waals surface area contributed by atoms with Crippen molar-refractivity contribution in [3.63, 3.8) is 0 Å². The lowest BCUT2D eigenvalue weighted by Gasteiger charge is -2.21. The molecule has 0 aliphatic carbocycles. The van der Waals surface area contributed by atoms with E-state index in [0.717, 1.165) is 0 Å². The summed E-state index contributed by atoms with van der Waals surface area (Å²) in [6.45, 7) is 10.2. The van der Waals surface area contributed by atoms with Crippen LogP contribution in [0.4, 0.5) is 0 Å². The van der Waals surface area contributed by atoms with Crippen LogP contribution in [-0.2, 0) is 19.1 Å². The van der Waals surface area contributed by atoms with E-state index in [-0.39, 0.29) is 19.6 Å². The highest BCUT2D eigenvalue weighted by Gasteiger charge is 2.22. The Morgan fingerprint density at radius 3 is 1.21 bits per heavy atom. The first-order valence-corrected chi connectivity index (χ1v) is 6.06. The standard InChI is InChI=1S/C11H20O4.C2H6O2/c1-10(2,3)14-8(12)7-9(13)15-11(4,5)6;3-1-2-4/h7H2,1-6H3;3-4H,1-2H2. The number of carbonyl (C=O) groups excluding carboxylic acids is 2. The zero-order valence-corrected chi connectivity index (χ0v) is 12.6. The molecule has 0 bridgehead atoms. The average Bonchev–Trinajstić information content (AvgIpc) is 2.11. The number of hydrogen-bond acceptors (Lipinski definition) is 6. The molecule has 0 fully saturated rings. The fourth-order valence-corrected chi connectivity index (χ4v) is 0.873. The molecule has 2 N–H and O–H groups in total. The van der Waals surface area contributed by atoms with Gasteiger partial charge in [0, 0.05) is 0 Å². The van der Waals surface area contributed by atoms with Crippen LogP contribution >= 0.6 is 0 Å². The molecule has 0 saturated carbocycles. The summed E-state index contributed by atoms with van der Waals surface area (Å²) in [7, 11) is 0. The summed E-state index contributed by atoms with van der Waals surface area (Å²) in [5, 5.41) is 15.2. The molecule has 0 heterocycles. The largest absolute Gasteiger partial charge is 0.460 e. The van der Waals surface area contributed by atoms with Crippen LogP contribution in [0.3, 0.4) is 0 Å². The van der Waals surface area contributed by atoms with E-state index in [0.29, 0.717) is 0 Å². The first-order chi connectivity index (χ1) is 8.41. The lowest BCUT2D eigenvalue weighted by molar-refractivity contribution is -0.166. The van der Waals surface area contributed by atoms with E-state index in [4.69, 9.17) is 19.7 Å². The van der Waals surface area contributed by atoms with Crippen molar-refractivity contribution in [2.24, 2.45) is 0 Å². The molecule has 0 spiro atoms. The van der Waals surface area contributed by atoms with Gasteiger partial charge >= 0.3 is 11.9 Å². The van der Waals surface area contributed by atoms with E-state index >= 15 is 0 Å². The number of esters is 2. The summed E-state index contributed by atoms with van der Waals surface area (Å²) in [4.78, 5) is 22.5.